The summed E-state index contributed by atoms with van der Waals surface area (Å²) < 4.78 is 12.6. The van der Waals surface area contributed by atoms with Gasteiger partial charge < -0.3 is 14.4 Å². The lowest BCUT2D eigenvalue weighted by atomic mass is 10.0. The zero-order chi connectivity index (χ0) is 27.7. The van der Waals surface area contributed by atoms with E-state index < -0.39 is 23.6 Å². The van der Waals surface area contributed by atoms with Crippen molar-refractivity contribution in [2.24, 2.45) is 0 Å². The average Bonchev–Trinajstić information content (AvgIpc) is 3.42. The zero-order valence-electron chi connectivity index (χ0n) is 21.8. The molecule has 3 heterocycles. The van der Waals surface area contributed by atoms with Crippen LogP contribution < -0.4 is 15.4 Å². The van der Waals surface area contributed by atoms with Crippen LogP contribution in [0.15, 0.2) is 48.7 Å². The average molecular weight is 533 g/mol. The minimum absolute atomic E-state index is 0.213. The molecule has 0 radical (unpaired) electrons. The SMILES string of the molecule is CC(C)(C)OC(=O)Nc1ccc(Oc2cn(Cc3ccc4c(c3)CN(C3CCC(=O)NC3=O)C4=O)nn2)cc1. The van der Waals surface area contributed by atoms with E-state index in [4.69, 9.17) is 9.47 Å². The quantitative estimate of drug-likeness (QED) is 0.461. The number of piperidine rings is 1. The maximum Gasteiger partial charge on any atom is 0.412 e. The molecule has 1 saturated heterocycles. The highest BCUT2D eigenvalue weighted by atomic mass is 16.6. The second-order valence-electron chi connectivity index (χ2n) is 10.4. The number of fused-ring (bicyclic) bond motifs is 1. The van der Waals surface area contributed by atoms with E-state index in [0.29, 0.717) is 42.4 Å². The van der Waals surface area contributed by atoms with E-state index in [0.717, 1.165) is 11.1 Å². The number of carbonyl (C=O) groups excluding carboxylic acids is 4. The van der Waals surface area contributed by atoms with E-state index in [-0.39, 0.29) is 18.2 Å². The molecule has 0 aliphatic carbocycles. The monoisotopic (exact) mass is 532 g/mol. The Balaban J connectivity index is 1.18. The van der Waals surface area contributed by atoms with Crippen LogP contribution in [0.5, 0.6) is 11.6 Å². The molecule has 0 saturated carbocycles. The van der Waals surface area contributed by atoms with Gasteiger partial charge in [0.2, 0.25) is 11.8 Å². The van der Waals surface area contributed by atoms with Crippen molar-refractivity contribution < 1.29 is 28.7 Å². The fraction of sp³-hybridized carbons (Fsp3) is 0.333. The van der Waals surface area contributed by atoms with Crippen LogP contribution in [0.4, 0.5) is 10.5 Å². The van der Waals surface area contributed by atoms with Crippen LogP contribution >= 0.6 is 0 Å². The Morgan fingerprint density at radius 2 is 1.90 bits per heavy atom. The van der Waals surface area contributed by atoms with Crippen molar-refractivity contribution in [2.45, 2.75) is 58.3 Å². The predicted molar refractivity (Wildman–Crippen MR) is 138 cm³/mol. The number of nitrogens with one attached hydrogen (secondary N) is 2. The number of benzene rings is 2. The first kappa shape index (κ1) is 25.9. The van der Waals surface area contributed by atoms with E-state index in [2.05, 4.69) is 20.9 Å². The van der Waals surface area contributed by atoms with Gasteiger partial charge in [-0.25, -0.2) is 9.48 Å². The third kappa shape index (κ3) is 6.06. The highest BCUT2D eigenvalue weighted by molar-refractivity contribution is 6.05. The van der Waals surface area contributed by atoms with Crippen molar-refractivity contribution in [1.29, 1.82) is 0 Å². The first-order valence-electron chi connectivity index (χ1n) is 12.5. The molecule has 2 aliphatic rings. The Kier molecular flexibility index (Phi) is 6.77. The first-order valence-corrected chi connectivity index (χ1v) is 12.5. The number of imide groups is 1. The summed E-state index contributed by atoms with van der Waals surface area (Å²) in [5.74, 6) is -0.151. The summed E-state index contributed by atoms with van der Waals surface area (Å²) in [6.07, 6.45) is 1.65. The molecule has 1 atom stereocenters. The molecule has 2 aromatic carbocycles. The largest absolute Gasteiger partial charge is 0.444 e. The molecule has 12 heteroatoms. The Morgan fingerprint density at radius 1 is 1.13 bits per heavy atom. The number of aromatic nitrogens is 3. The molecule has 202 valence electrons. The van der Waals surface area contributed by atoms with Crippen LogP contribution in [-0.2, 0) is 27.4 Å². The molecule has 39 heavy (non-hydrogen) atoms. The Bertz CT molecular complexity index is 1440. The fourth-order valence-electron chi connectivity index (χ4n) is 4.47. The molecule has 2 aliphatic heterocycles. The molecule has 0 bridgehead atoms. The molecule has 1 unspecified atom stereocenters. The summed E-state index contributed by atoms with van der Waals surface area (Å²) in [5, 5.41) is 13.1. The van der Waals surface area contributed by atoms with Crippen LogP contribution in [0.1, 0.15) is 55.1 Å². The lowest BCUT2D eigenvalue weighted by Crippen LogP contribution is -2.52. The minimum atomic E-state index is -0.650. The third-order valence-corrected chi connectivity index (χ3v) is 6.17. The van der Waals surface area contributed by atoms with Gasteiger partial charge in [-0.05, 0) is 68.7 Å². The number of hydrogen-bond donors (Lipinski definition) is 2. The number of carbonyl (C=O) groups is 4. The number of nitrogens with zero attached hydrogens (tertiary/aromatic N) is 4. The highest BCUT2D eigenvalue weighted by Gasteiger charge is 2.39. The van der Waals surface area contributed by atoms with Gasteiger partial charge >= 0.3 is 6.09 Å². The van der Waals surface area contributed by atoms with Gasteiger partial charge in [0, 0.05) is 24.2 Å². The molecule has 5 rings (SSSR count). The van der Waals surface area contributed by atoms with Gasteiger partial charge in [-0.1, -0.05) is 22.4 Å². The number of anilines is 1. The standard InChI is InChI=1S/C27H28N6O6/c1-27(2,3)39-26(37)28-18-5-7-19(8-6-18)38-23-15-32(31-30-23)13-16-4-9-20-17(12-16)14-33(25(20)36)21-10-11-22(34)29-24(21)35/h4-9,12,15,21H,10-11,13-14H2,1-3H3,(H,28,37)(H,29,34,35). The number of ether oxygens (including phenoxy) is 2. The van der Waals surface area contributed by atoms with Gasteiger partial charge in [0.1, 0.15) is 17.4 Å². The van der Waals surface area contributed by atoms with E-state index in [9.17, 15) is 19.2 Å². The van der Waals surface area contributed by atoms with Crippen molar-refractivity contribution in [2.75, 3.05) is 5.32 Å². The second kappa shape index (κ2) is 10.2. The lowest BCUT2D eigenvalue weighted by molar-refractivity contribution is -0.136. The van der Waals surface area contributed by atoms with Crippen molar-refractivity contribution in [3.8, 4) is 11.6 Å². The van der Waals surface area contributed by atoms with Crippen LogP contribution in [0.25, 0.3) is 0 Å². The van der Waals surface area contributed by atoms with Crippen molar-refractivity contribution in [3.63, 3.8) is 0 Å². The molecule has 4 amide bonds. The van der Waals surface area contributed by atoms with Crippen LogP contribution in [-0.4, -0.2) is 55.4 Å². The number of hydrogen-bond acceptors (Lipinski definition) is 8. The topological polar surface area (TPSA) is 145 Å². The second-order valence-corrected chi connectivity index (χ2v) is 10.4. The van der Waals surface area contributed by atoms with Gasteiger partial charge in [-0.2, -0.15) is 0 Å². The molecular formula is C27H28N6O6. The molecule has 1 aromatic heterocycles. The van der Waals surface area contributed by atoms with Gasteiger partial charge in [0.25, 0.3) is 11.8 Å². The van der Waals surface area contributed by atoms with E-state index in [1.165, 1.54) is 4.90 Å². The number of rotatable bonds is 6. The van der Waals surface area contributed by atoms with E-state index in [1.807, 2.05) is 12.1 Å². The molecule has 3 aromatic rings. The Labute approximate surface area is 224 Å². The first-order chi connectivity index (χ1) is 18.5. The normalized spacial score (nSPS) is 17.1. The van der Waals surface area contributed by atoms with Crippen molar-refractivity contribution in [3.05, 3.63) is 65.4 Å². The maximum atomic E-state index is 12.9. The number of amides is 4. The van der Waals surface area contributed by atoms with Gasteiger partial charge in [0.05, 0.1) is 12.7 Å². The summed E-state index contributed by atoms with van der Waals surface area (Å²) >= 11 is 0. The van der Waals surface area contributed by atoms with Gasteiger partial charge in [0.15, 0.2) is 0 Å². The summed E-state index contributed by atoms with van der Waals surface area (Å²) in [6.45, 7) is 6.08. The van der Waals surface area contributed by atoms with Crippen molar-refractivity contribution in [1.82, 2.24) is 25.2 Å². The molecular weight excluding hydrogens is 504 g/mol. The lowest BCUT2D eigenvalue weighted by Gasteiger charge is -2.29. The smallest absolute Gasteiger partial charge is 0.412 e. The summed E-state index contributed by atoms with van der Waals surface area (Å²) in [7, 11) is 0. The minimum Gasteiger partial charge on any atom is -0.444 e. The van der Waals surface area contributed by atoms with Crippen molar-refractivity contribution >= 4 is 29.5 Å². The third-order valence-electron chi connectivity index (χ3n) is 6.17. The Morgan fingerprint density at radius 3 is 2.62 bits per heavy atom. The van der Waals surface area contributed by atoms with E-state index in [1.54, 1.807) is 62.0 Å². The summed E-state index contributed by atoms with van der Waals surface area (Å²) in [5.41, 5.74) is 2.24. The van der Waals surface area contributed by atoms with Crippen LogP contribution in [0.3, 0.4) is 0 Å². The maximum absolute atomic E-state index is 12.9. The van der Waals surface area contributed by atoms with E-state index >= 15 is 0 Å². The zero-order valence-corrected chi connectivity index (χ0v) is 21.8. The Hall–Kier alpha value is -4.74. The van der Waals surface area contributed by atoms with Crippen LogP contribution in [0.2, 0.25) is 0 Å². The molecule has 1 fully saturated rings. The molecule has 2 N–H and O–H groups in total. The van der Waals surface area contributed by atoms with Gasteiger partial charge in [-0.15, -0.1) is 0 Å². The summed E-state index contributed by atoms with van der Waals surface area (Å²) in [4.78, 5) is 50.0. The predicted octanol–water partition coefficient (Wildman–Crippen LogP) is 3.23. The molecule has 12 nitrogen and oxygen atoms in total. The summed E-state index contributed by atoms with van der Waals surface area (Å²) in [6, 6.07) is 11.6. The fourth-order valence-corrected chi connectivity index (χ4v) is 4.47. The van der Waals surface area contributed by atoms with Crippen LogP contribution in [0, 0.1) is 0 Å². The highest BCUT2D eigenvalue weighted by Crippen LogP contribution is 2.29. The van der Waals surface area contributed by atoms with Gasteiger partial charge in [-0.3, -0.25) is 25.0 Å². The molecule has 0 spiro atoms.